The second-order valence-electron chi connectivity index (χ2n) is 3.25. The van der Waals surface area contributed by atoms with Crippen LogP contribution in [0.1, 0.15) is 0 Å². The molecule has 0 fully saturated rings. The summed E-state index contributed by atoms with van der Waals surface area (Å²) in [6, 6.07) is 0. The molecule has 0 aliphatic heterocycles. The first kappa shape index (κ1) is 13.0. The summed E-state index contributed by atoms with van der Waals surface area (Å²) >= 11 is 0. The third-order valence-electron chi connectivity index (χ3n) is 1.97. The number of nitrogens with zero attached hydrogens (tertiary/aromatic N) is 2. The first-order valence-electron chi connectivity index (χ1n) is 5.30. The molecule has 0 bridgehead atoms. The van der Waals surface area contributed by atoms with Crippen molar-refractivity contribution in [3.05, 3.63) is 12.4 Å². The van der Waals surface area contributed by atoms with Crippen molar-refractivity contribution < 1.29 is 14.6 Å². The summed E-state index contributed by atoms with van der Waals surface area (Å²) in [4.78, 5) is 0. The molecule has 0 saturated heterocycles. The molecule has 6 heteroatoms. The third kappa shape index (κ3) is 5.11. The van der Waals surface area contributed by atoms with Crippen LogP contribution in [-0.2, 0) is 16.0 Å². The number of rotatable bonds is 9. The van der Waals surface area contributed by atoms with Gasteiger partial charge in [0, 0.05) is 19.9 Å². The molecule has 92 valence electrons. The molecule has 1 rings (SSSR count). The number of ether oxygens (including phenoxy) is 2. The summed E-state index contributed by atoms with van der Waals surface area (Å²) < 4.78 is 11.9. The highest BCUT2D eigenvalue weighted by atomic mass is 16.5. The van der Waals surface area contributed by atoms with E-state index in [-0.39, 0.29) is 6.61 Å². The van der Waals surface area contributed by atoms with Crippen LogP contribution in [0, 0.1) is 0 Å². The number of hydrogen-bond acceptors (Lipinski definition) is 5. The number of aromatic nitrogens is 2. The zero-order valence-corrected chi connectivity index (χ0v) is 9.56. The van der Waals surface area contributed by atoms with Crippen LogP contribution in [0.3, 0.4) is 0 Å². The molecule has 16 heavy (non-hydrogen) atoms. The lowest BCUT2D eigenvalue weighted by Crippen LogP contribution is -2.09. The van der Waals surface area contributed by atoms with Crippen molar-refractivity contribution in [2.45, 2.75) is 6.54 Å². The smallest absolute Gasteiger partial charge is 0.0727 e. The maximum atomic E-state index is 8.52. The topological polar surface area (TPSA) is 68.5 Å². The number of nitrogens with one attached hydrogen (secondary N) is 1. The Morgan fingerprint density at radius 1 is 1.44 bits per heavy atom. The highest BCUT2D eigenvalue weighted by Crippen LogP contribution is 2.03. The molecule has 0 atom stereocenters. The van der Waals surface area contributed by atoms with Crippen molar-refractivity contribution in [3.8, 4) is 0 Å². The first-order chi connectivity index (χ1) is 7.86. The van der Waals surface area contributed by atoms with Gasteiger partial charge in [-0.05, 0) is 0 Å². The Balaban J connectivity index is 2.17. The van der Waals surface area contributed by atoms with E-state index in [9.17, 15) is 0 Å². The van der Waals surface area contributed by atoms with Gasteiger partial charge in [0.1, 0.15) is 0 Å². The molecule has 0 aromatic carbocycles. The Labute approximate surface area is 95.2 Å². The van der Waals surface area contributed by atoms with Crippen LogP contribution in [-0.4, -0.2) is 55.0 Å². The van der Waals surface area contributed by atoms with Gasteiger partial charge in [0.05, 0.1) is 44.9 Å². The molecular formula is C10H19N3O3. The van der Waals surface area contributed by atoms with Crippen molar-refractivity contribution in [3.63, 3.8) is 0 Å². The Morgan fingerprint density at radius 2 is 2.31 bits per heavy atom. The molecule has 1 aromatic heterocycles. The minimum atomic E-state index is 0.0585. The van der Waals surface area contributed by atoms with Crippen molar-refractivity contribution in [1.82, 2.24) is 9.78 Å². The molecule has 0 saturated carbocycles. The van der Waals surface area contributed by atoms with Crippen LogP contribution in [0.4, 0.5) is 5.69 Å². The van der Waals surface area contributed by atoms with E-state index in [4.69, 9.17) is 14.6 Å². The highest BCUT2D eigenvalue weighted by Gasteiger charge is 1.97. The second-order valence-corrected chi connectivity index (χ2v) is 3.25. The Morgan fingerprint density at radius 3 is 3.06 bits per heavy atom. The van der Waals surface area contributed by atoms with Crippen molar-refractivity contribution in [1.29, 1.82) is 0 Å². The van der Waals surface area contributed by atoms with Crippen molar-refractivity contribution in [2.24, 2.45) is 0 Å². The summed E-state index contributed by atoms with van der Waals surface area (Å²) in [7, 11) is 1.67. The van der Waals surface area contributed by atoms with Crippen LogP contribution >= 0.6 is 0 Å². The number of hydrogen-bond donors (Lipinski definition) is 2. The van der Waals surface area contributed by atoms with Gasteiger partial charge < -0.3 is 19.9 Å². The summed E-state index contributed by atoms with van der Waals surface area (Å²) in [5.41, 5.74) is 0.971. The van der Waals surface area contributed by atoms with Gasteiger partial charge in [-0.3, -0.25) is 4.68 Å². The zero-order valence-electron chi connectivity index (χ0n) is 9.56. The Bertz CT molecular complexity index is 278. The van der Waals surface area contributed by atoms with Crippen LogP contribution in [0.5, 0.6) is 0 Å². The first-order valence-corrected chi connectivity index (χ1v) is 5.30. The fraction of sp³-hybridized carbons (Fsp3) is 0.700. The minimum absolute atomic E-state index is 0.0585. The average Bonchev–Trinajstić information content (AvgIpc) is 2.73. The lowest BCUT2D eigenvalue weighted by Gasteiger charge is -2.02. The van der Waals surface area contributed by atoms with Gasteiger partial charge >= 0.3 is 0 Å². The van der Waals surface area contributed by atoms with Crippen molar-refractivity contribution >= 4 is 5.69 Å². The van der Waals surface area contributed by atoms with E-state index in [1.54, 1.807) is 18.0 Å². The van der Waals surface area contributed by atoms with Crippen LogP contribution < -0.4 is 5.32 Å². The fourth-order valence-corrected chi connectivity index (χ4v) is 1.20. The quantitative estimate of drug-likeness (QED) is 0.581. The molecule has 1 heterocycles. The van der Waals surface area contributed by atoms with E-state index in [1.165, 1.54) is 0 Å². The third-order valence-corrected chi connectivity index (χ3v) is 1.97. The second kappa shape index (κ2) is 8.09. The maximum Gasteiger partial charge on any atom is 0.0727 e. The highest BCUT2D eigenvalue weighted by molar-refractivity contribution is 5.37. The molecule has 0 aliphatic carbocycles. The van der Waals surface area contributed by atoms with Gasteiger partial charge in [0.25, 0.3) is 0 Å². The van der Waals surface area contributed by atoms with Gasteiger partial charge in [-0.25, -0.2) is 0 Å². The molecule has 6 nitrogen and oxygen atoms in total. The summed E-state index contributed by atoms with van der Waals surface area (Å²) in [5.74, 6) is 0. The normalized spacial score (nSPS) is 10.6. The number of aliphatic hydroxyl groups excluding tert-OH is 1. The molecule has 1 aromatic rings. The van der Waals surface area contributed by atoms with E-state index < -0.39 is 0 Å². The van der Waals surface area contributed by atoms with E-state index in [0.29, 0.717) is 26.4 Å². The summed E-state index contributed by atoms with van der Waals surface area (Å²) in [6.45, 7) is 3.11. The number of aliphatic hydroxyl groups is 1. The summed E-state index contributed by atoms with van der Waals surface area (Å²) in [5, 5.41) is 15.9. The molecule has 0 spiro atoms. The fourth-order valence-electron chi connectivity index (χ4n) is 1.20. The van der Waals surface area contributed by atoms with Gasteiger partial charge in [0.15, 0.2) is 0 Å². The van der Waals surface area contributed by atoms with Gasteiger partial charge in [-0.15, -0.1) is 0 Å². The predicted molar refractivity (Wildman–Crippen MR) is 60.5 cm³/mol. The van der Waals surface area contributed by atoms with Gasteiger partial charge in [0.2, 0.25) is 0 Å². The Kier molecular flexibility index (Phi) is 6.55. The molecule has 2 N–H and O–H groups in total. The van der Waals surface area contributed by atoms with Crippen LogP contribution in [0.25, 0.3) is 0 Å². The molecule has 0 amide bonds. The standard InChI is InChI=1S/C10H19N3O3/c1-15-5-2-11-10-8-12-13(9-10)3-6-16-7-4-14/h8-9,11,14H,2-7H2,1H3. The van der Waals surface area contributed by atoms with Crippen LogP contribution in [0.2, 0.25) is 0 Å². The average molecular weight is 229 g/mol. The minimum Gasteiger partial charge on any atom is -0.394 e. The van der Waals surface area contributed by atoms with E-state index in [0.717, 1.165) is 12.2 Å². The van der Waals surface area contributed by atoms with Crippen LogP contribution in [0.15, 0.2) is 12.4 Å². The molecule has 0 unspecified atom stereocenters. The Hall–Kier alpha value is -1.11. The lowest BCUT2D eigenvalue weighted by molar-refractivity contribution is 0.0854. The monoisotopic (exact) mass is 229 g/mol. The van der Waals surface area contributed by atoms with E-state index >= 15 is 0 Å². The van der Waals surface area contributed by atoms with E-state index in [1.807, 2.05) is 6.20 Å². The molecule has 0 radical (unpaired) electrons. The maximum absolute atomic E-state index is 8.52. The SMILES string of the molecule is COCCNc1cnn(CCOCCO)c1. The lowest BCUT2D eigenvalue weighted by atomic mass is 10.5. The summed E-state index contributed by atoms with van der Waals surface area (Å²) in [6.07, 6.45) is 3.68. The molecule has 0 aliphatic rings. The number of methoxy groups -OCH3 is 1. The molecular weight excluding hydrogens is 210 g/mol. The number of anilines is 1. The van der Waals surface area contributed by atoms with Crippen molar-refractivity contribution in [2.75, 3.05) is 45.4 Å². The largest absolute Gasteiger partial charge is 0.394 e. The predicted octanol–water partition coefficient (Wildman–Crippen LogP) is -0.0497. The zero-order chi connectivity index (χ0) is 11.6. The van der Waals surface area contributed by atoms with Gasteiger partial charge in [-0.1, -0.05) is 0 Å². The van der Waals surface area contributed by atoms with E-state index in [2.05, 4.69) is 10.4 Å². The van der Waals surface area contributed by atoms with Gasteiger partial charge in [-0.2, -0.15) is 5.10 Å².